The van der Waals surface area contributed by atoms with Crippen LogP contribution < -0.4 is 5.73 Å². The molecule has 100 valence electrons. The average Bonchev–Trinajstić information content (AvgIpc) is 3.09. The molecule has 19 heavy (non-hydrogen) atoms. The normalized spacial score (nSPS) is 18.3. The molecule has 1 aromatic carbocycles. The lowest BCUT2D eigenvalue weighted by atomic mass is 9.97. The summed E-state index contributed by atoms with van der Waals surface area (Å²) in [6.07, 6.45) is 2.28. The van der Waals surface area contributed by atoms with Crippen molar-refractivity contribution in [2.45, 2.75) is 32.2 Å². The molecule has 1 aromatic heterocycles. The van der Waals surface area contributed by atoms with E-state index in [1.807, 2.05) is 32.0 Å². The molecule has 1 fully saturated rings. The predicted octanol–water partition coefficient (Wildman–Crippen LogP) is 3.39. The summed E-state index contributed by atoms with van der Waals surface area (Å²) < 4.78 is 6.41. The van der Waals surface area contributed by atoms with Gasteiger partial charge in [-0.25, -0.2) is 0 Å². The second kappa shape index (κ2) is 4.42. The highest BCUT2D eigenvalue weighted by atomic mass is 79.9. The number of aryl methyl sites for hydroxylation is 1. The standard InChI is InChI=1S/C14H16BrN3O/c1-8-7-10(15)5-6-11(8)12-17-13(19-18-12)14(2,16)9-3-4-9/h5-7,9H,3-4,16H2,1-2H3. The quantitative estimate of drug-likeness (QED) is 0.941. The summed E-state index contributed by atoms with van der Waals surface area (Å²) in [6.45, 7) is 4.00. The van der Waals surface area contributed by atoms with E-state index in [9.17, 15) is 0 Å². The number of rotatable bonds is 3. The summed E-state index contributed by atoms with van der Waals surface area (Å²) in [6, 6.07) is 5.99. The number of hydrogen-bond donors (Lipinski definition) is 1. The van der Waals surface area contributed by atoms with E-state index in [0.717, 1.165) is 28.4 Å². The molecule has 1 saturated carbocycles. The van der Waals surface area contributed by atoms with Gasteiger partial charge in [0.25, 0.3) is 0 Å². The molecule has 1 aliphatic rings. The van der Waals surface area contributed by atoms with Crippen LogP contribution in [0.2, 0.25) is 0 Å². The van der Waals surface area contributed by atoms with Gasteiger partial charge in [0.2, 0.25) is 11.7 Å². The van der Waals surface area contributed by atoms with Crippen molar-refractivity contribution in [1.29, 1.82) is 0 Å². The minimum absolute atomic E-state index is 0.465. The van der Waals surface area contributed by atoms with Gasteiger partial charge in [0.1, 0.15) is 0 Å². The maximum absolute atomic E-state index is 6.29. The summed E-state index contributed by atoms with van der Waals surface area (Å²) in [7, 11) is 0. The van der Waals surface area contributed by atoms with Crippen LogP contribution >= 0.6 is 15.9 Å². The van der Waals surface area contributed by atoms with Crippen LogP contribution in [0.4, 0.5) is 0 Å². The molecule has 0 radical (unpaired) electrons. The third-order valence-electron chi connectivity index (χ3n) is 3.74. The second-order valence-corrected chi connectivity index (χ2v) is 6.36. The Hall–Kier alpha value is -1.20. The van der Waals surface area contributed by atoms with Crippen molar-refractivity contribution in [2.75, 3.05) is 0 Å². The van der Waals surface area contributed by atoms with Crippen molar-refractivity contribution in [3.63, 3.8) is 0 Å². The van der Waals surface area contributed by atoms with Gasteiger partial charge in [0.05, 0.1) is 5.54 Å². The minimum Gasteiger partial charge on any atom is -0.337 e. The van der Waals surface area contributed by atoms with Crippen LogP contribution in [0.1, 0.15) is 31.2 Å². The molecule has 2 N–H and O–H groups in total. The van der Waals surface area contributed by atoms with E-state index in [0.29, 0.717) is 17.6 Å². The van der Waals surface area contributed by atoms with E-state index in [4.69, 9.17) is 10.3 Å². The number of benzene rings is 1. The van der Waals surface area contributed by atoms with Crippen molar-refractivity contribution >= 4 is 15.9 Å². The Morgan fingerprint density at radius 1 is 1.42 bits per heavy atom. The van der Waals surface area contributed by atoms with Gasteiger partial charge in [-0.3, -0.25) is 0 Å². The van der Waals surface area contributed by atoms with Crippen LogP contribution in [-0.4, -0.2) is 10.1 Å². The zero-order valence-electron chi connectivity index (χ0n) is 11.0. The van der Waals surface area contributed by atoms with Crippen molar-refractivity contribution in [3.05, 3.63) is 34.1 Å². The summed E-state index contributed by atoms with van der Waals surface area (Å²) in [5, 5.41) is 4.07. The highest BCUT2D eigenvalue weighted by molar-refractivity contribution is 9.10. The highest BCUT2D eigenvalue weighted by Crippen LogP contribution is 2.43. The zero-order chi connectivity index (χ0) is 13.6. The molecule has 0 bridgehead atoms. The molecule has 2 aromatic rings. The lowest BCUT2D eigenvalue weighted by Gasteiger charge is -2.18. The molecule has 0 spiro atoms. The van der Waals surface area contributed by atoms with Crippen LogP contribution in [0.15, 0.2) is 27.2 Å². The Balaban J connectivity index is 1.96. The SMILES string of the molecule is Cc1cc(Br)ccc1-c1noc(C(C)(N)C2CC2)n1. The van der Waals surface area contributed by atoms with Crippen molar-refractivity contribution in [1.82, 2.24) is 10.1 Å². The van der Waals surface area contributed by atoms with Gasteiger partial charge in [-0.2, -0.15) is 4.98 Å². The monoisotopic (exact) mass is 321 g/mol. The first-order valence-corrected chi connectivity index (χ1v) is 7.17. The van der Waals surface area contributed by atoms with Crippen LogP contribution in [0.25, 0.3) is 11.4 Å². The summed E-state index contributed by atoms with van der Waals surface area (Å²) in [5.41, 5.74) is 7.87. The van der Waals surface area contributed by atoms with Crippen LogP contribution in [0.3, 0.4) is 0 Å². The fourth-order valence-electron chi connectivity index (χ4n) is 2.29. The molecular weight excluding hydrogens is 306 g/mol. The lowest BCUT2D eigenvalue weighted by Crippen LogP contribution is -2.35. The number of hydrogen-bond acceptors (Lipinski definition) is 4. The maximum Gasteiger partial charge on any atom is 0.247 e. The molecule has 0 aliphatic heterocycles. The van der Waals surface area contributed by atoms with Gasteiger partial charge in [0, 0.05) is 10.0 Å². The zero-order valence-corrected chi connectivity index (χ0v) is 12.6. The number of nitrogens with zero attached hydrogens (tertiary/aromatic N) is 2. The topological polar surface area (TPSA) is 64.9 Å². The summed E-state index contributed by atoms with van der Waals surface area (Å²) >= 11 is 3.45. The third-order valence-corrected chi connectivity index (χ3v) is 4.23. The van der Waals surface area contributed by atoms with Crippen LogP contribution in [0, 0.1) is 12.8 Å². The Morgan fingerprint density at radius 2 is 2.16 bits per heavy atom. The Bertz CT molecular complexity index is 617. The molecular formula is C14H16BrN3O. The number of nitrogens with two attached hydrogens (primary N) is 1. The first kappa shape index (κ1) is 12.8. The van der Waals surface area contributed by atoms with E-state index < -0.39 is 5.54 Å². The first-order chi connectivity index (χ1) is 8.98. The van der Waals surface area contributed by atoms with E-state index in [1.54, 1.807) is 0 Å². The minimum atomic E-state index is -0.505. The molecule has 1 heterocycles. The van der Waals surface area contributed by atoms with Crippen LogP contribution in [0.5, 0.6) is 0 Å². The van der Waals surface area contributed by atoms with Gasteiger partial charge >= 0.3 is 0 Å². The first-order valence-electron chi connectivity index (χ1n) is 6.38. The number of aromatic nitrogens is 2. The second-order valence-electron chi connectivity index (χ2n) is 5.44. The van der Waals surface area contributed by atoms with Gasteiger partial charge in [-0.1, -0.05) is 21.1 Å². The fraction of sp³-hybridized carbons (Fsp3) is 0.429. The Labute approximate surface area is 120 Å². The fourth-order valence-corrected chi connectivity index (χ4v) is 2.76. The molecule has 5 heteroatoms. The summed E-state index contributed by atoms with van der Waals surface area (Å²) in [4.78, 5) is 4.49. The van der Waals surface area contributed by atoms with Crippen molar-refractivity contribution in [2.24, 2.45) is 11.7 Å². The number of halogens is 1. The third kappa shape index (κ3) is 2.32. The molecule has 3 rings (SSSR count). The van der Waals surface area contributed by atoms with Gasteiger partial charge in [0.15, 0.2) is 0 Å². The van der Waals surface area contributed by atoms with E-state index in [2.05, 4.69) is 26.1 Å². The molecule has 1 atom stereocenters. The maximum atomic E-state index is 6.29. The van der Waals surface area contributed by atoms with Gasteiger partial charge in [-0.15, -0.1) is 0 Å². The van der Waals surface area contributed by atoms with E-state index >= 15 is 0 Å². The highest BCUT2D eigenvalue weighted by Gasteiger charge is 2.43. The summed E-state index contributed by atoms with van der Waals surface area (Å²) in [5.74, 6) is 1.61. The van der Waals surface area contributed by atoms with Gasteiger partial charge < -0.3 is 10.3 Å². The van der Waals surface area contributed by atoms with E-state index in [1.165, 1.54) is 0 Å². The molecule has 0 amide bonds. The van der Waals surface area contributed by atoms with E-state index in [-0.39, 0.29) is 0 Å². The lowest BCUT2D eigenvalue weighted by molar-refractivity contribution is 0.273. The molecule has 1 aliphatic carbocycles. The largest absolute Gasteiger partial charge is 0.337 e. The van der Waals surface area contributed by atoms with Crippen molar-refractivity contribution < 1.29 is 4.52 Å². The molecule has 0 saturated heterocycles. The Kier molecular flexibility index (Phi) is 2.98. The smallest absolute Gasteiger partial charge is 0.247 e. The van der Waals surface area contributed by atoms with Crippen molar-refractivity contribution in [3.8, 4) is 11.4 Å². The average molecular weight is 322 g/mol. The van der Waals surface area contributed by atoms with Crippen LogP contribution in [-0.2, 0) is 5.54 Å². The molecule has 1 unspecified atom stereocenters. The van der Waals surface area contributed by atoms with Gasteiger partial charge in [-0.05, 0) is 56.4 Å². The predicted molar refractivity (Wildman–Crippen MR) is 76.4 cm³/mol. The Morgan fingerprint density at radius 3 is 2.79 bits per heavy atom. The molecule has 4 nitrogen and oxygen atoms in total.